The first kappa shape index (κ1) is 13.3. The van der Waals surface area contributed by atoms with E-state index in [0.29, 0.717) is 0 Å². The molecule has 2 aliphatic rings. The lowest BCUT2D eigenvalue weighted by molar-refractivity contribution is 0.199. The lowest BCUT2D eigenvalue weighted by atomic mass is 9.95. The van der Waals surface area contributed by atoms with Crippen molar-refractivity contribution in [1.82, 2.24) is 15.1 Å². The lowest BCUT2D eigenvalue weighted by Crippen LogP contribution is -2.38. The Bertz CT molecular complexity index is 182. The van der Waals surface area contributed by atoms with E-state index < -0.39 is 0 Å². The molecule has 2 rings (SSSR count). The van der Waals surface area contributed by atoms with Gasteiger partial charge in [0.25, 0.3) is 0 Å². The van der Waals surface area contributed by atoms with Gasteiger partial charge in [0.15, 0.2) is 0 Å². The van der Waals surface area contributed by atoms with Gasteiger partial charge in [-0.3, -0.25) is 0 Å². The Balaban J connectivity index is 1.54. The maximum atomic E-state index is 3.72. The highest BCUT2D eigenvalue weighted by atomic mass is 15.1. The van der Waals surface area contributed by atoms with Gasteiger partial charge < -0.3 is 15.1 Å². The molecule has 17 heavy (non-hydrogen) atoms. The first-order chi connectivity index (χ1) is 8.24. The molecule has 3 heteroatoms. The van der Waals surface area contributed by atoms with Crippen LogP contribution in [-0.4, -0.2) is 63.2 Å². The van der Waals surface area contributed by atoms with Crippen LogP contribution in [0.3, 0.4) is 0 Å². The van der Waals surface area contributed by atoms with Gasteiger partial charge in [0.2, 0.25) is 0 Å². The lowest BCUT2D eigenvalue weighted by Gasteiger charge is -2.31. The van der Waals surface area contributed by atoms with Gasteiger partial charge in [0, 0.05) is 0 Å². The van der Waals surface area contributed by atoms with E-state index in [2.05, 4.69) is 29.2 Å². The van der Waals surface area contributed by atoms with Gasteiger partial charge >= 0.3 is 0 Å². The minimum atomic E-state index is 0.928. The molecule has 3 nitrogen and oxygen atoms in total. The van der Waals surface area contributed by atoms with Crippen molar-refractivity contribution in [1.29, 1.82) is 0 Å². The van der Waals surface area contributed by atoms with Crippen molar-refractivity contribution in [3.63, 3.8) is 0 Å². The van der Waals surface area contributed by atoms with Crippen LogP contribution in [0.1, 0.15) is 25.7 Å². The van der Waals surface area contributed by atoms with E-state index in [9.17, 15) is 0 Å². The van der Waals surface area contributed by atoms with Gasteiger partial charge in [-0.1, -0.05) is 0 Å². The zero-order chi connectivity index (χ0) is 12.1. The Hall–Kier alpha value is -0.120. The molecule has 0 aromatic rings. The average molecular weight is 239 g/mol. The summed E-state index contributed by atoms with van der Waals surface area (Å²) in [7, 11) is 4.48. The largest absolute Gasteiger partial charge is 0.316 e. The first-order valence-electron chi connectivity index (χ1n) is 7.32. The summed E-state index contributed by atoms with van der Waals surface area (Å²) in [5.74, 6) is 1.86. The summed E-state index contributed by atoms with van der Waals surface area (Å²) < 4.78 is 0. The molecule has 1 N–H and O–H groups in total. The minimum absolute atomic E-state index is 0.928. The van der Waals surface area contributed by atoms with E-state index in [1.165, 1.54) is 65.0 Å². The monoisotopic (exact) mass is 239 g/mol. The zero-order valence-corrected chi connectivity index (χ0v) is 11.6. The Kier molecular flexibility index (Phi) is 5.26. The number of rotatable bonds is 4. The summed E-state index contributed by atoms with van der Waals surface area (Å²) in [5.41, 5.74) is 0. The van der Waals surface area contributed by atoms with Crippen LogP contribution in [0.15, 0.2) is 0 Å². The van der Waals surface area contributed by atoms with Crippen LogP contribution in [0.4, 0.5) is 0 Å². The standard InChI is InChI=1S/C14H29N3/c1-16-7-3-13(4-8-16)11-15-12-14-5-9-17(2)10-6-14/h13-15H,3-12H2,1-2H3. The third-order valence-electron chi connectivity index (χ3n) is 4.54. The molecule has 2 saturated heterocycles. The molecule has 0 amide bonds. The predicted molar refractivity (Wildman–Crippen MR) is 73.3 cm³/mol. The van der Waals surface area contributed by atoms with Gasteiger partial charge in [-0.05, 0) is 90.9 Å². The first-order valence-corrected chi connectivity index (χ1v) is 7.32. The second-order valence-electron chi connectivity index (χ2n) is 6.15. The number of likely N-dealkylation sites (tertiary alicyclic amines) is 2. The topological polar surface area (TPSA) is 18.5 Å². The number of hydrogen-bond donors (Lipinski definition) is 1. The van der Waals surface area contributed by atoms with Crippen LogP contribution >= 0.6 is 0 Å². The summed E-state index contributed by atoms with van der Waals surface area (Å²) in [5, 5.41) is 3.72. The maximum absolute atomic E-state index is 3.72. The highest BCUT2D eigenvalue weighted by Crippen LogP contribution is 2.17. The average Bonchev–Trinajstić information content (AvgIpc) is 2.34. The van der Waals surface area contributed by atoms with Gasteiger partial charge in [-0.25, -0.2) is 0 Å². The number of nitrogens with zero attached hydrogens (tertiary/aromatic N) is 2. The Labute approximate surface area is 107 Å². The molecule has 2 aliphatic heterocycles. The molecule has 0 saturated carbocycles. The summed E-state index contributed by atoms with van der Waals surface area (Å²) in [4.78, 5) is 4.90. The van der Waals surface area contributed by atoms with Crippen molar-refractivity contribution in [3.8, 4) is 0 Å². The van der Waals surface area contributed by atoms with Gasteiger partial charge in [-0.15, -0.1) is 0 Å². The number of nitrogens with one attached hydrogen (secondary N) is 1. The van der Waals surface area contributed by atoms with Crippen molar-refractivity contribution < 1.29 is 0 Å². The van der Waals surface area contributed by atoms with Crippen molar-refractivity contribution in [2.45, 2.75) is 25.7 Å². The van der Waals surface area contributed by atoms with E-state index in [0.717, 1.165) is 11.8 Å². The molecule has 2 heterocycles. The van der Waals surface area contributed by atoms with Crippen LogP contribution < -0.4 is 5.32 Å². The zero-order valence-electron chi connectivity index (χ0n) is 11.6. The number of hydrogen-bond acceptors (Lipinski definition) is 3. The predicted octanol–water partition coefficient (Wildman–Crippen LogP) is 1.26. The second kappa shape index (κ2) is 6.72. The summed E-state index contributed by atoms with van der Waals surface area (Å²) in [6.45, 7) is 7.67. The van der Waals surface area contributed by atoms with E-state index in [-0.39, 0.29) is 0 Å². The molecule has 0 unspecified atom stereocenters. The highest BCUT2D eigenvalue weighted by Gasteiger charge is 2.18. The molecule has 0 aliphatic carbocycles. The fourth-order valence-corrected chi connectivity index (χ4v) is 3.02. The van der Waals surface area contributed by atoms with E-state index in [1.807, 2.05) is 0 Å². The molecule has 0 aromatic heterocycles. The Morgan fingerprint density at radius 3 is 1.47 bits per heavy atom. The molecular weight excluding hydrogens is 210 g/mol. The van der Waals surface area contributed by atoms with E-state index in [1.54, 1.807) is 0 Å². The Morgan fingerprint density at radius 1 is 0.765 bits per heavy atom. The maximum Gasteiger partial charge on any atom is -0.00187 e. The normalized spacial score (nSPS) is 26.5. The van der Waals surface area contributed by atoms with Crippen LogP contribution in [0.25, 0.3) is 0 Å². The van der Waals surface area contributed by atoms with E-state index in [4.69, 9.17) is 0 Å². The quantitative estimate of drug-likeness (QED) is 0.797. The van der Waals surface area contributed by atoms with Crippen LogP contribution in [-0.2, 0) is 0 Å². The summed E-state index contributed by atoms with van der Waals surface area (Å²) in [6, 6.07) is 0. The van der Waals surface area contributed by atoms with E-state index >= 15 is 0 Å². The highest BCUT2D eigenvalue weighted by molar-refractivity contribution is 4.75. The van der Waals surface area contributed by atoms with Crippen molar-refractivity contribution >= 4 is 0 Å². The fraction of sp³-hybridized carbons (Fsp3) is 1.00. The second-order valence-corrected chi connectivity index (χ2v) is 6.15. The van der Waals surface area contributed by atoms with Crippen molar-refractivity contribution in [3.05, 3.63) is 0 Å². The van der Waals surface area contributed by atoms with Crippen molar-refractivity contribution in [2.75, 3.05) is 53.4 Å². The molecular formula is C14H29N3. The minimum Gasteiger partial charge on any atom is -0.316 e. The smallest absolute Gasteiger partial charge is 0.00187 e. The molecule has 0 aromatic carbocycles. The molecule has 2 fully saturated rings. The molecule has 100 valence electrons. The van der Waals surface area contributed by atoms with Crippen molar-refractivity contribution in [2.24, 2.45) is 11.8 Å². The third kappa shape index (κ3) is 4.57. The molecule has 0 bridgehead atoms. The number of piperidine rings is 2. The fourth-order valence-electron chi connectivity index (χ4n) is 3.02. The van der Waals surface area contributed by atoms with Gasteiger partial charge in [0.05, 0.1) is 0 Å². The van der Waals surface area contributed by atoms with Crippen LogP contribution in [0.5, 0.6) is 0 Å². The molecule has 0 radical (unpaired) electrons. The third-order valence-corrected chi connectivity index (χ3v) is 4.54. The summed E-state index contributed by atoms with van der Waals surface area (Å²) >= 11 is 0. The van der Waals surface area contributed by atoms with Gasteiger partial charge in [0.1, 0.15) is 0 Å². The molecule has 0 atom stereocenters. The molecule has 0 spiro atoms. The Morgan fingerprint density at radius 2 is 1.12 bits per heavy atom. The summed E-state index contributed by atoms with van der Waals surface area (Å²) in [6.07, 6.45) is 5.54. The van der Waals surface area contributed by atoms with Crippen LogP contribution in [0.2, 0.25) is 0 Å². The SMILES string of the molecule is CN1CCC(CNCC2CCN(C)CC2)CC1. The van der Waals surface area contributed by atoms with Crippen LogP contribution in [0, 0.1) is 11.8 Å². The van der Waals surface area contributed by atoms with Gasteiger partial charge in [-0.2, -0.15) is 0 Å².